The van der Waals surface area contributed by atoms with Crippen LogP contribution >= 0.6 is 0 Å². The van der Waals surface area contributed by atoms with Crippen molar-refractivity contribution in [2.24, 2.45) is 11.8 Å². The van der Waals surface area contributed by atoms with Crippen LogP contribution in [-0.2, 0) is 4.74 Å². The summed E-state index contributed by atoms with van der Waals surface area (Å²) in [5.74, 6) is 1.33. The zero-order chi connectivity index (χ0) is 12.7. The van der Waals surface area contributed by atoms with E-state index >= 15 is 0 Å². The van der Waals surface area contributed by atoms with Crippen LogP contribution in [0.25, 0.3) is 0 Å². The largest absolute Gasteiger partial charge is 0.386 e. The third kappa shape index (κ3) is 3.32. The number of epoxide rings is 1. The van der Waals surface area contributed by atoms with Crippen molar-refractivity contribution in [2.75, 3.05) is 0 Å². The van der Waals surface area contributed by atoms with Gasteiger partial charge in [-0.05, 0) is 58.3 Å². The highest BCUT2D eigenvalue weighted by atomic mass is 16.6. The minimum Gasteiger partial charge on any atom is -0.386 e. The summed E-state index contributed by atoms with van der Waals surface area (Å²) in [7, 11) is 0. The van der Waals surface area contributed by atoms with Gasteiger partial charge in [-0.2, -0.15) is 0 Å². The number of ether oxygens (including phenoxy) is 1. The minimum absolute atomic E-state index is 0.131. The van der Waals surface area contributed by atoms with E-state index < -0.39 is 5.60 Å². The van der Waals surface area contributed by atoms with E-state index in [2.05, 4.69) is 26.8 Å². The molecule has 1 aliphatic heterocycles. The van der Waals surface area contributed by atoms with E-state index in [0.29, 0.717) is 17.9 Å². The highest BCUT2D eigenvalue weighted by Gasteiger charge is 2.47. The average Bonchev–Trinajstić information content (AvgIpc) is 2.83. The molecular weight excluding hydrogens is 212 g/mol. The normalized spacial score (nSPS) is 41.2. The van der Waals surface area contributed by atoms with Gasteiger partial charge in [-0.25, -0.2) is 0 Å². The Bertz CT molecular complexity index is 304. The lowest BCUT2D eigenvalue weighted by Gasteiger charge is -2.30. The molecule has 0 aromatic rings. The molecule has 4 atom stereocenters. The van der Waals surface area contributed by atoms with Crippen LogP contribution in [0.2, 0.25) is 0 Å². The monoisotopic (exact) mass is 238 g/mol. The Kier molecular flexibility index (Phi) is 3.39. The lowest BCUT2D eigenvalue weighted by atomic mass is 9.78. The average molecular weight is 238 g/mol. The van der Waals surface area contributed by atoms with E-state index in [1.807, 2.05) is 13.0 Å². The molecule has 1 N–H and O–H groups in total. The Morgan fingerprint density at radius 3 is 2.53 bits per heavy atom. The molecule has 17 heavy (non-hydrogen) atoms. The van der Waals surface area contributed by atoms with Crippen LogP contribution in [-0.4, -0.2) is 22.4 Å². The number of aliphatic hydroxyl groups is 1. The van der Waals surface area contributed by atoms with Gasteiger partial charge in [-0.1, -0.05) is 19.1 Å². The van der Waals surface area contributed by atoms with E-state index in [0.717, 1.165) is 12.8 Å². The third-order valence-corrected chi connectivity index (χ3v) is 4.47. The Labute approximate surface area is 105 Å². The number of rotatable bonds is 4. The van der Waals surface area contributed by atoms with Gasteiger partial charge in [0.1, 0.15) is 0 Å². The minimum atomic E-state index is -0.572. The van der Waals surface area contributed by atoms with Crippen molar-refractivity contribution in [3.8, 4) is 0 Å². The van der Waals surface area contributed by atoms with Crippen LogP contribution < -0.4 is 0 Å². The van der Waals surface area contributed by atoms with Gasteiger partial charge in [0.25, 0.3) is 0 Å². The van der Waals surface area contributed by atoms with Crippen molar-refractivity contribution in [1.82, 2.24) is 0 Å². The van der Waals surface area contributed by atoms with Crippen molar-refractivity contribution < 1.29 is 9.84 Å². The molecule has 1 aliphatic carbocycles. The molecule has 2 heteroatoms. The Morgan fingerprint density at radius 1 is 1.41 bits per heavy atom. The predicted octanol–water partition coefficient (Wildman–Crippen LogP) is 3.30. The quantitative estimate of drug-likeness (QED) is 0.602. The first-order valence-electron chi connectivity index (χ1n) is 6.90. The van der Waals surface area contributed by atoms with E-state index in [-0.39, 0.29) is 5.60 Å². The van der Waals surface area contributed by atoms with Crippen LogP contribution in [0.1, 0.15) is 53.4 Å². The van der Waals surface area contributed by atoms with Gasteiger partial charge in [0.05, 0.1) is 17.3 Å². The van der Waals surface area contributed by atoms with Gasteiger partial charge in [0.15, 0.2) is 0 Å². The van der Waals surface area contributed by atoms with E-state index in [4.69, 9.17) is 4.74 Å². The summed E-state index contributed by atoms with van der Waals surface area (Å²) in [5, 5.41) is 9.86. The maximum atomic E-state index is 9.86. The summed E-state index contributed by atoms with van der Waals surface area (Å²) in [4.78, 5) is 0. The topological polar surface area (TPSA) is 32.8 Å². The number of hydrogen-bond donors (Lipinski definition) is 1. The van der Waals surface area contributed by atoms with Crippen LogP contribution in [0.15, 0.2) is 12.2 Å². The fourth-order valence-electron chi connectivity index (χ4n) is 2.81. The second-order valence-electron chi connectivity index (χ2n) is 6.68. The number of allylic oxidation sites excluding steroid dienone is 1. The molecule has 1 heterocycles. The van der Waals surface area contributed by atoms with Gasteiger partial charge in [-0.3, -0.25) is 0 Å². The van der Waals surface area contributed by atoms with Crippen LogP contribution in [0.4, 0.5) is 0 Å². The first kappa shape index (κ1) is 13.1. The molecule has 1 fully saturated rings. The number of hydrogen-bond acceptors (Lipinski definition) is 2. The highest BCUT2D eigenvalue weighted by molar-refractivity contribution is 5.06. The molecule has 2 nitrogen and oxygen atoms in total. The zero-order valence-corrected chi connectivity index (χ0v) is 11.6. The van der Waals surface area contributed by atoms with Crippen LogP contribution in [0, 0.1) is 11.8 Å². The van der Waals surface area contributed by atoms with E-state index in [9.17, 15) is 5.11 Å². The Morgan fingerprint density at radius 2 is 2.06 bits per heavy atom. The molecule has 1 saturated heterocycles. The summed E-state index contributed by atoms with van der Waals surface area (Å²) in [5.41, 5.74) is -0.441. The zero-order valence-electron chi connectivity index (χ0n) is 11.6. The summed E-state index contributed by atoms with van der Waals surface area (Å²) in [6, 6.07) is 0. The second-order valence-corrected chi connectivity index (χ2v) is 6.68. The summed E-state index contributed by atoms with van der Waals surface area (Å²) >= 11 is 0. The van der Waals surface area contributed by atoms with Crippen molar-refractivity contribution in [1.29, 1.82) is 0 Å². The van der Waals surface area contributed by atoms with E-state index in [1.165, 1.54) is 12.8 Å². The third-order valence-electron chi connectivity index (χ3n) is 4.47. The molecule has 0 aromatic carbocycles. The second kappa shape index (κ2) is 4.40. The Hall–Kier alpha value is -0.340. The predicted molar refractivity (Wildman–Crippen MR) is 69.8 cm³/mol. The maximum Gasteiger partial charge on any atom is 0.0892 e. The van der Waals surface area contributed by atoms with Crippen molar-refractivity contribution in [3.05, 3.63) is 12.2 Å². The van der Waals surface area contributed by atoms with E-state index in [1.54, 1.807) is 0 Å². The first-order chi connectivity index (χ1) is 7.80. The molecule has 98 valence electrons. The summed E-state index contributed by atoms with van der Waals surface area (Å²) < 4.78 is 5.62. The fraction of sp³-hybridized carbons (Fsp3) is 0.867. The van der Waals surface area contributed by atoms with Crippen LogP contribution in [0.3, 0.4) is 0 Å². The lowest BCUT2D eigenvalue weighted by Crippen LogP contribution is -2.27. The van der Waals surface area contributed by atoms with Gasteiger partial charge >= 0.3 is 0 Å². The SMILES string of the molecule is C[C@H](CCC1OC1(C)C)C1C=C[C@@](C)(O)CC1. The van der Waals surface area contributed by atoms with Crippen molar-refractivity contribution in [2.45, 2.75) is 70.7 Å². The van der Waals surface area contributed by atoms with Crippen molar-refractivity contribution in [3.63, 3.8) is 0 Å². The lowest BCUT2D eigenvalue weighted by molar-refractivity contribution is 0.0830. The molecule has 0 amide bonds. The van der Waals surface area contributed by atoms with Gasteiger partial charge in [0.2, 0.25) is 0 Å². The molecule has 0 spiro atoms. The smallest absolute Gasteiger partial charge is 0.0892 e. The maximum absolute atomic E-state index is 9.86. The molecule has 0 saturated carbocycles. The molecule has 2 aliphatic rings. The van der Waals surface area contributed by atoms with Gasteiger partial charge in [-0.15, -0.1) is 0 Å². The molecule has 2 unspecified atom stereocenters. The molecule has 0 bridgehead atoms. The first-order valence-corrected chi connectivity index (χ1v) is 6.90. The van der Waals surface area contributed by atoms with Gasteiger partial charge in [0, 0.05) is 0 Å². The molecule has 0 radical (unpaired) electrons. The molecular formula is C15H26O2. The fourth-order valence-corrected chi connectivity index (χ4v) is 2.81. The standard InChI is InChI=1S/C15H26O2/c1-11(5-6-13-14(2,3)17-13)12-7-9-15(4,16)10-8-12/h7,9,11-13,16H,5-6,8,10H2,1-4H3/t11-,12?,13?,15-/m1/s1. The van der Waals surface area contributed by atoms with Crippen LogP contribution in [0.5, 0.6) is 0 Å². The molecule has 2 rings (SSSR count). The Balaban J connectivity index is 1.76. The molecule has 0 aromatic heterocycles. The highest BCUT2D eigenvalue weighted by Crippen LogP contribution is 2.40. The van der Waals surface area contributed by atoms with Crippen molar-refractivity contribution >= 4 is 0 Å². The van der Waals surface area contributed by atoms with Gasteiger partial charge < -0.3 is 9.84 Å². The summed E-state index contributed by atoms with van der Waals surface area (Å²) in [6.45, 7) is 8.55. The summed E-state index contributed by atoms with van der Waals surface area (Å²) in [6.07, 6.45) is 9.08.